The van der Waals surface area contributed by atoms with Crippen LogP contribution in [0.2, 0.25) is 0 Å². The van der Waals surface area contributed by atoms with E-state index in [4.69, 9.17) is 14.9 Å². The summed E-state index contributed by atoms with van der Waals surface area (Å²) < 4.78 is 52.3. The lowest BCUT2D eigenvalue weighted by Gasteiger charge is -2.28. The summed E-state index contributed by atoms with van der Waals surface area (Å²) in [6.07, 6.45) is 2.76. The number of nitrogens with zero attached hydrogens (tertiary/aromatic N) is 6. The average Bonchev–Trinajstić information content (AvgIpc) is 3.69. The standard InChI is InChI=1S/C27H25F3N8O2/c1-39-26-21(22(16-6-7-16)34-14-35-26)24-33-10-18(8-31)23(37-24)32-9-15-2-4-17(5-3-15)25-36-20(27(28,29)30)11-38(25)19-12-40-13-19/h2-5,8,10-11,14,16,19,31H,6-7,9,12-13H2,1H3,(H,32,33,37). The third-order valence-electron chi connectivity index (χ3n) is 6.90. The van der Waals surface area contributed by atoms with Gasteiger partial charge in [-0.3, -0.25) is 0 Å². The molecule has 1 aliphatic carbocycles. The molecule has 1 aromatic carbocycles. The van der Waals surface area contributed by atoms with Gasteiger partial charge in [-0.1, -0.05) is 24.3 Å². The van der Waals surface area contributed by atoms with Crippen LogP contribution in [0, 0.1) is 5.41 Å². The summed E-state index contributed by atoms with van der Waals surface area (Å²) in [6.45, 7) is 1.05. The van der Waals surface area contributed by atoms with Crippen molar-refractivity contribution >= 4 is 12.0 Å². The number of halogens is 3. The number of anilines is 1. The minimum atomic E-state index is -4.53. The Balaban J connectivity index is 1.24. The summed E-state index contributed by atoms with van der Waals surface area (Å²) >= 11 is 0. The van der Waals surface area contributed by atoms with Crippen LogP contribution in [0.15, 0.2) is 43.0 Å². The maximum atomic E-state index is 13.4. The number of hydrogen-bond donors (Lipinski definition) is 2. The highest BCUT2D eigenvalue weighted by atomic mass is 19.4. The fraction of sp³-hybridized carbons (Fsp3) is 0.333. The van der Waals surface area contributed by atoms with Crippen molar-refractivity contribution < 1.29 is 22.6 Å². The second kappa shape index (κ2) is 10.3. The number of ether oxygens (including phenoxy) is 2. The van der Waals surface area contributed by atoms with Gasteiger partial charge < -0.3 is 24.8 Å². The molecule has 3 aromatic heterocycles. The highest BCUT2D eigenvalue weighted by Gasteiger charge is 2.37. The van der Waals surface area contributed by atoms with E-state index in [1.54, 1.807) is 18.3 Å². The number of hydrogen-bond acceptors (Lipinski definition) is 9. The van der Waals surface area contributed by atoms with Crippen molar-refractivity contribution in [2.45, 2.75) is 37.5 Å². The fourth-order valence-electron chi connectivity index (χ4n) is 4.54. The highest BCUT2D eigenvalue weighted by Crippen LogP contribution is 2.45. The number of rotatable bonds is 9. The summed E-state index contributed by atoms with van der Waals surface area (Å²) in [4.78, 5) is 21.7. The van der Waals surface area contributed by atoms with Gasteiger partial charge in [-0.2, -0.15) is 13.2 Å². The minimum absolute atomic E-state index is 0.180. The Kier molecular flexibility index (Phi) is 6.66. The maximum Gasteiger partial charge on any atom is 0.434 e. The van der Waals surface area contributed by atoms with Crippen LogP contribution in [-0.2, 0) is 17.5 Å². The largest absolute Gasteiger partial charge is 0.480 e. The predicted octanol–water partition coefficient (Wildman–Crippen LogP) is 4.88. The first-order valence-corrected chi connectivity index (χ1v) is 12.7. The molecular weight excluding hydrogens is 525 g/mol. The van der Waals surface area contributed by atoms with Crippen LogP contribution < -0.4 is 10.1 Å². The molecule has 0 unspecified atom stereocenters. The van der Waals surface area contributed by atoms with Crippen LogP contribution in [-0.4, -0.2) is 56.0 Å². The zero-order valence-corrected chi connectivity index (χ0v) is 21.4. The Hall–Kier alpha value is -4.39. The molecule has 10 nitrogen and oxygen atoms in total. The van der Waals surface area contributed by atoms with Gasteiger partial charge in [0.25, 0.3) is 0 Å². The molecule has 0 spiro atoms. The summed E-state index contributed by atoms with van der Waals surface area (Å²) in [7, 11) is 1.54. The summed E-state index contributed by atoms with van der Waals surface area (Å²) in [5, 5.41) is 11.0. The van der Waals surface area contributed by atoms with E-state index < -0.39 is 11.9 Å². The molecule has 1 saturated heterocycles. The zero-order valence-electron chi connectivity index (χ0n) is 21.4. The molecule has 2 N–H and O–H groups in total. The Morgan fingerprint density at radius 3 is 2.52 bits per heavy atom. The predicted molar refractivity (Wildman–Crippen MR) is 139 cm³/mol. The van der Waals surface area contributed by atoms with Crippen molar-refractivity contribution in [1.82, 2.24) is 29.5 Å². The number of nitrogens with one attached hydrogen (secondary N) is 2. The van der Waals surface area contributed by atoms with E-state index >= 15 is 0 Å². The Morgan fingerprint density at radius 1 is 1.12 bits per heavy atom. The third kappa shape index (κ3) is 4.99. The van der Waals surface area contributed by atoms with E-state index in [0.717, 1.165) is 36.5 Å². The van der Waals surface area contributed by atoms with Gasteiger partial charge in [0.05, 0.1) is 37.6 Å². The highest BCUT2D eigenvalue weighted by molar-refractivity contribution is 5.84. The quantitative estimate of drug-likeness (QED) is 0.283. The number of methoxy groups -OCH3 is 1. The van der Waals surface area contributed by atoms with E-state index in [9.17, 15) is 13.2 Å². The zero-order chi connectivity index (χ0) is 27.9. The number of aromatic nitrogens is 6. The topological polar surface area (TPSA) is 124 Å². The van der Waals surface area contributed by atoms with Crippen molar-refractivity contribution in [3.63, 3.8) is 0 Å². The molecule has 0 atom stereocenters. The van der Waals surface area contributed by atoms with Crippen molar-refractivity contribution in [2.24, 2.45) is 0 Å². The molecule has 0 bridgehead atoms. The fourth-order valence-corrected chi connectivity index (χ4v) is 4.54. The Morgan fingerprint density at radius 2 is 1.90 bits per heavy atom. The van der Waals surface area contributed by atoms with E-state index in [-0.39, 0.29) is 11.9 Å². The first kappa shape index (κ1) is 25.9. The normalized spacial score (nSPS) is 15.5. The lowest BCUT2D eigenvalue weighted by molar-refractivity contribution is -0.141. The van der Waals surface area contributed by atoms with Crippen molar-refractivity contribution in [2.75, 3.05) is 25.6 Å². The van der Waals surface area contributed by atoms with Crippen LogP contribution in [0.5, 0.6) is 5.88 Å². The lowest BCUT2D eigenvalue weighted by Crippen LogP contribution is -2.30. The Labute approximate surface area is 227 Å². The molecule has 206 valence electrons. The molecule has 13 heteroatoms. The van der Waals surface area contributed by atoms with E-state index in [1.165, 1.54) is 18.0 Å². The molecule has 40 heavy (non-hydrogen) atoms. The molecule has 1 aliphatic heterocycles. The molecule has 0 amide bonds. The second-order valence-electron chi connectivity index (χ2n) is 9.66. The minimum Gasteiger partial charge on any atom is -0.480 e. The van der Waals surface area contributed by atoms with Crippen molar-refractivity contribution in [1.29, 1.82) is 5.41 Å². The van der Waals surface area contributed by atoms with Gasteiger partial charge >= 0.3 is 6.18 Å². The van der Waals surface area contributed by atoms with Gasteiger partial charge in [-0.15, -0.1) is 0 Å². The molecule has 4 heterocycles. The maximum absolute atomic E-state index is 13.4. The van der Waals surface area contributed by atoms with Gasteiger partial charge in [-0.25, -0.2) is 24.9 Å². The van der Waals surface area contributed by atoms with Gasteiger partial charge in [0, 0.05) is 36.6 Å². The summed E-state index contributed by atoms with van der Waals surface area (Å²) in [6, 6.07) is 6.94. The van der Waals surface area contributed by atoms with E-state index in [2.05, 4.69) is 30.2 Å². The second-order valence-corrected chi connectivity index (χ2v) is 9.66. The number of alkyl halides is 3. The average molecular weight is 551 g/mol. The van der Waals surface area contributed by atoms with Gasteiger partial charge in [-0.05, 0) is 18.4 Å². The summed E-state index contributed by atoms with van der Waals surface area (Å²) in [5.41, 5.74) is 2.48. The first-order valence-electron chi connectivity index (χ1n) is 12.7. The number of benzene rings is 1. The van der Waals surface area contributed by atoms with Crippen molar-refractivity contribution in [3.8, 4) is 28.7 Å². The van der Waals surface area contributed by atoms with Crippen LogP contribution in [0.25, 0.3) is 22.8 Å². The third-order valence-corrected chi connectivity index (χ3v) is 6.90. The van der Waals surface area contributed by atoms with Gasteiger partial charge in [0.1, 0.15) is 23.5 Å². The van der Waals surface area contributed by atoms with Crippen LogP contribution in [0.1, 0.15) is 47.3 Å². The first-order chi connectivity index (χ1) is 19.4. The molecule has 1 saturated carbocycles. The van der Waals surface area contributed by atoms with Crippen molar-refractivity contribution in [3.05, 3.63) is 65.5 Å². The van der Waals surface area contributed by atoms with E-state index in [1.807, 2.05) is 12.1 Å². The summed E-state index contributed by atoms with van der Waals surface area (Å²) in [5.74, 6) is 1.80. The molecular formula is C27H25F3N8O2. The smallest absolute Gasteiger partial charge is 0.434 e. The monoisotopic (exact) mass is 550 g/mol. The van der Waals surface area contributed by atoms with Crippen LogP contribution in [0.3, 0.4) is 0 Å². The van der Waals surface area contributed by atoms with Gasteiger partial charge in [0.2, 0.25) is 5.88 Å². The lowest BCUT2D eigenvalue weighted by atomic mass is 10.1. The molecule has 2 fully saturated rings. The molecule has 4 aromatic rings. The Bertz CT molecular complexity index is 1550. The molecule has 2 aliphatic rings. The van der Waals surface area contributed by atoms with Crippen LogP contribution in [0.4, 0.5) is 19.0 Å². The van der Waals surface area contributed by atoms with E-state index in [0.29, 0.717) is 59.9 Å². The van der Waals surface area contributed by atoms with Crippen LogP contribution >= 0.6 is 0 Å². The SMILES string of the molecule is COc1ncnc(C2CC2)c1-c1ncc(C=N)c(NCc2ccc(-c3nc(C(F)(F)F)cn3C3COC3)cc2)n1. The molecule has 6 rings (SSSR count). The number of imidazole rings is 1. The van der Waals surface area contributed by atoms with Gasteiger partial charge in [0.15, 0.2) is 11.5 Å². The molecule has 0 radical (unpaired) electrons.